The van der Waals surface area contributed by atoms with Gasteiger partial charge in [-0.2, -0.15) is 5.10 Å². The van der Waals surface area contributed by atoms with Gasteiger partial charge in [-0.25, -0.2) is 13.8 Å². The lowest BCUT2D eigenvalue weighted by Gasteiger charge is -2.25. The molecule has 0 aliphatic carbocycles. The minimum Gasteiger partial charge on any atom is -0.271 e. The smallest absolute Gasteiger partial charge is 0.264 e. The summed E-state index contributed by atoms with van der Waals surface area (Å²) in [6.45, 7) is 5.32. The molecule has 1 aromatic heterocycles. The molecule has 0 saturated carbocycles. The molecule has 6 nitrogen and oxygen atoms in total. The standard InChI is InChI=1S/C22H23N3O3S2/c1-16-9-10-20(18(3)13-16)25(30(27,28)19-7-5-4-6-8-19)15-22(26)24-23-14-21-17(2)11-12-29-21/h4-14H,15H2,1-3H3,(H,24,26). The molecule has 0 aliphatic rings. The molecule has 1 N–H and O–H groups in total. The van der Waals surface area contributed by atoms with Crippen molar-refractivity contribution in [1.29, 1.82) is 0 Å². The van der Waals surface area contributed by atoms with Crippen LogP contribution in [0.3, 0.4) is 0 Å². The number of aryl methyl sites for hydroxylation is 3. The predicted octanol–water partition coefficient (Wildman–Crippen LogP) is 4.02. The second-order valence-electron chi connectivity index (χ2n) is 6.88. The summed E-state index contributed by atoms with van der Waals surface area (Å²) in [5, 5.41) is 5.91. The predicted molar refractivity (Wildman–Crippen MR) is 122 cm³/mol. The Bertz CT molecular complexity index is 1170. The Kier molecular flexibility index (Phi) is 6.69. The zero-order chi connectivity index (χ0) is 21.7. The topological polar surface area (TPSA) is 78.8 Å². The minimum absolute atomic E-state index is 0.121. The van der Waals surface area contributed by atoms with Crippen LogP contribution in [-0.4, -0.2) is 27.1 Å². The van der Waals surface area contributed by atoms with Crippen molar-refractivity contribution >= 4 is 39.2 Å². The molecule has 0 unspecified atom stereocenters. The van der Waals surface area contributed by atoms with Gasteiger partial charge in [-0.3, -0.25) is 9.10 Å². The van der Waals surface area contributed by atoms with Crippen LogP contribution >= 0.6 is 11.3 Å². The second-order valence-corrected chi connectivity index (χ2v) is 9.69. The number of carbonyl (C=O) groups is 1. The van der Waals surface area contributed by atoms with Crippen molar-refractivity contribution in [3.8, 4) is 0 Å². The van der Waals surface area contributed by atoms with Crippen LogP contribution in [0.2, 0.25) is 0 Å². The molecule has 1 amide bonds. The number of thiophene rings is 1. The maximum absolute atomic E-state index is 13.3. The highest BCUT2D eigenvalue weighted by molar-refractivity contribution is 7.92. The zero-order valence-corrected chi connectivity index (χ0v) is 18.6. The molecule has 0 saturated heterocycles. The van der Waals surface area contributed by atoms with Gasteiger partial charge in [-0.15, -0.1) is 11.3 Å². The van der Waals surface area contributed by atoms with E-state index in [0.29, 0.717) is 5.69 Å². The van der Waals surface area contributed by atoms with Crippen molar-refractivity contribution < 1.29 is 13.2 Å². The van der Waals surface area contributed by atoms with Gasteiger partial charge < -0.3 is 0 Å². The fraction of sp³-hybridized carbons (Fsp3) is 0.182. The number of anilines is 1. The first-order chi connectivity index (χ1) is 14.3. The first-order valence-electron chi connectivity index (χ1n) is 9.30. The van der Waals surface area contributed by atoms with E-state index in [1.54, 1.807) is 30.5 Å². The molecule has 3 aromatic rings. The number of benzene rings is 2. The molecule has 30 heavy (non-hydrogen) atoms. The summed E-state index contributed by atoms with van der Waals surface area (Å²) in [5.41, 5.74) is 5.72. The summed E-state index contributed by atoms with van der Waals surface area (Å²) < 4.78 is 27.8. The highest BCUT2D eigenvalue weighted by atomic mass is 32.2. The largest absolute Gasteiger partial charge is 0.271 e. The highest BCUT2D eigenvalue weighted by Gasteiger charge is 2.28. The average Bonchev–Trinajstić information content (AvgIpc) is 3.12. The number of amides is 1. The van der Waals surface area contributed by atoms with E-state index >= 15 is 0 Å². The van der Waals surface area contributed by atoms with E-state index in [1.165, 1.54) is 23.5 Å². The number of rotatable bonds is 7. The lowest BCUT2D eigenvalue weighted by Crippen LogP contribution is -2.40. The molecule has 0 aliphatic heterocycles. The van der Waals surface area contributed by atoms with Gasteiger partial charge in [0, 0.05) is 4.88 Å². The van der Waals surface area contributed by atoms with Crippen LogP contribution in [-0.2, 0) is 14.8 Å². The van der Waals surface area contributed by atoms with E-state index in [0.717, 1.165) is 25.9 Å². The number of nitrogens with zero attached hydrogens (tertiary/aromatic N) is 2. The van der Waals surface area contributed by atoms with E-state index in [9.17, 15) is 13.2 Å². The third-order valence-corrected chi connectivity index (χ3v) is 7.24. The molecular formula is C22H23N3O3S2. The van der Waals surface area contributed by atoms with Crippen molar-refractivity contribution in [3.63, 3.8) is 0 Å². The van der Waals surface area contributed by atoms with Crippen LogP contribution in [0.15, 0.2) is 70.0 Å². The van der Waals surface area contributed by atoms with E-state index < -0.39 is 15.9 Å². The van der Waals surface area contributed by atoms with Gasteiger partial charge in [0.05, 0.1) is 16.8 Å². The summed E-state index contributed by atoms with van der Waals surface area (Å²) in [4.78, 5) is 13.6. The minimum atomic E-state index is -3.94. The van der Waals surface area contributed by atoms with Crippen molar-refractivity contribution in [2.45, 2.75) is 25.7 Å². The van der Waals surface area contributed by atoms with Gasteiger partial charge in [0.25, 0.3) is 15.9 Å². The summed E-state index contributed by atoms with van der Waals surface area (Å²) in [5.74, 6) is -0.528. The van der Waals surface area contributed by atoms with Gasteiger partial charge in [-0.1, -0.05) is 35.9 Å². The van der Waals surface area contributed by atoms with Gasteiger partial charge in [0.15, 0.2) is 0 Å². The molecule has 0 bridgehead atoms. The Hall–Kier alpha value is -2.97. The van der Waals surface area contributed by atoms with Crippen LogP contribution < -0.4 is 9.73 Å². The molecule has 0 atom stereocenters. The Morgan fingerprint density at radius 1 is 1.07 bits per heavy atom. The molecular weight excluding hydrogens is 418 g/mol. The molecule has 0 spiro atoms. The maximum atomic E-state index is 13.3. The maximum Gasteiger partial charge on any atom is 0.264 e. The second kappa shape index (κ2) is 9.23. The first-order valence-corrected chi connectivity index (χ1v) is 11.6. The molecule has 0 fully saturated rings. The van der Waals surface area contributed by atoms with Crippen molar-refractivity contribution in [2.75, 3.05) is 10.8 Å². The molecule has 3 rings (SSSR count). The van der Waals surface area contributed by atoms with Crippen LogP contribution in [0.25, 0.3) is 0 Å². The van der Waals surface area contributed by atoms with Crippen LogP contribution in [0.5, 0.6) is 0 Å². The van der Waals surface area contributed by atoms with E-state index in [-0.39, 0.29) is 11.4 Å². The SMILES string of the molecule is Cc1ccc(N(CC(=O)NN=Cc2sccc2C)S(=O)(=O)c2ccccc2)c(C)c1. The van der Waals surface area contributed by atoms with Crippen LogP contribution in [0.1, 0.15) is 21.6 Å². The van der Waals surface area contributed by atoms with Crippen LogP contribution in [0.4, 0.5) is 5.69 Å². The van der Waals surface area contributed by atoms with E-state index in [1.807, 2.05) is 44.4 Å². The number of nitrogens with one attached hydrogen (secondary N) is 1. The number of carbonyl (C=O) groups excluding carboxylic acids is 1. The first kappa shape index (κ1) is 21.7. The van der Waals surface area contributed by atoms with Crippen LogP contribution in [0, 0.1) is 20.8 Å². The quantitative estimate of drug-likeness (QED) is 0.444. The summed E-state index contributed by atoms with van der Waals surface area (Å²) in [6, 6.07) is 15.5. The Morgan fingerprint density at radius 2 is 1.80 bits per heavy atom. The highest BCUT2D eigenvalue weighted by Crippen LogP contribution is 2.27. The fourth-order valence-corrected chi connectivity index (χ4v) is 5.24. The molecule has 8 heteroatoms. The van der Waals surface area contributed by atoms with Crippen molar-refractivity contribution in [1.82, 2.24) is 5.43 Å². The molecule has 1 heterocycles. The van der Waals surface area contributed by atoms with Crippen molar-refractivity contribution in [3.05, 3.63) is 81.5 Å². The fourth-order valence-electron chi connectivity index (χ4n) is 2.95. The number of hydrogen-bond acceptors (Lipinski definition) is 5. The normalized spacial score (nSPS) is 11.6. The van der Waals surface area contributed by atoms with E-state index in [4.69, 9.17) is 0 Å². The Morgan fingerprint density at radius 3 is 2.43 bits per heavy atom. The molecule has 2 aromatic carbocycles. The lowest BCUT2D eigenvalue weighted by molar-refractivity contribution is -0.119. The number of hydrazone groups is 1. The summed E-state index contributed by atoms with van der Waals surface area (Å²) >= 11 is 1.51. The number of sulfonamides is 1. The summed E-state index contributed by atoms with van der Waals surface area (Å²) in [7, 11) is -3.94. The Labute approximate surface area is 180 Å². The van der Waals surface area contributed by atoms with Gasteiger partial charge in [-0.05, 0) is 61.5 Å². The monoisotopic (exact) mass is 441 g/mol. The molecule has 156 valence electrons. The average molecular weight is 442 g/mol. The zero-order valence-electron chi connectivity index (χ0n) is 17.0. The lowest BCUT2D eigenvalue weighted by atomic mass is 10.1. The van der Waals surface area contributed by atoms with Crippen molar-refractivity contribution in [2.24, 2.45) is 5.10 Å². The number of hydrogen-bond donors (Lipinski definition) is 1. The van der Waals surface area contributed by atoms with Gasteiger partial charge >= 0.3 is 0 Å². The molecule has 0 radical (unpaired) electrons. The summed E-state index contributed by atoms with van der Waals surface area (Å²) in [6.07, 6.45) is 1.56. The Balaban J connectivity index is 1.89. The third kappa shape index (κ3) is 4.95. The van der Waals surface area contributed by atoms with Gasteiger partial charge in [0.2, 0.25) is 0 Å². The van der Waals surface area contributed by atoms with Gasteiger partial charge in [0.1, 0.15) is 6.54 Å². The van der Waals surface area contributed by atoms with E-state index in [2.05, 4.69) is 10.5 Å². The third-order valence-electron chi connectivity index (χ3n) is 4.51.